The summed E-state index contributed by atoms with van der Waals surface area (Å²) in [7, 11) is 0. The van der Waals surface area contributed by atoms with E-state index >= 15 is 0 Å². The maximum atomic E-state index is 12.9. The highest BCUT2D eigenvalue weighted by molar-refractivity contribution is 5.96. The van der Waals surface area contributed by atoms with Gasteiger partial charge in [0.1, 0.15) is 12.6 Å². The lowest BCUT2D eigenvalue weighted by atomic mass is 9.98. The molecular formula is C27H27N3O5. The number of rotatable bonds is 8. The molecule has 0 fully saturated rings. The number of nitrogens with zero attached hydrogens (tertiary/aromatic N) is 1. The lowest BCUT2D eigenvalue weighted by Gasteiger charge is -2.21. The number of benzene rings is 3. The number of non-ortho nitro benzene ring substituents is 1. The van der Waals surface area contributed by atoms with Gasteiger partial charge in [-0.2, -0.15) is 0 Å². The van der Waals surface area contributed by atoms with Gasteiger partial charge in [0.15, 0.2) is 0 Å². The minimum atomic E-state index is -0.819. The van der Waals surface area contributed by atoms with Gasteiger partial charge in [-0.15, -0.1) is 0 Å². The number of ether oxygens (including phenoxy) is 1. The molecule has 1 aliphatic carbocycles. The van der Waals surface area contributed by atoms with Gasteiger partial charge in [-0.3, -0.25) is 14.9 Å². The highest BCUT2D eigenvalue weighted by Gasteiger charge is 2.30. The second-order valence-corrected chi connectivity index (χ2v) is 8.95. The van der Waals surface area contributed by atoms with E-state index in [1.165, 1.54) is 24.3 Å². The first kappa shape index (κ1) is 23.9. The van der Waals surface area contributed by atoms with Crippen molar-refractivity contribution in [2.75, 3.05) is 11.9 Å². The molecule has 0 saturated heterocycles. The maximum Gasteiger partial charge on any atom is 0.407 e. The summed E-state index contributed by atoms with van der Waals surface area (Å²) in [5, 5.41) is 16.2. The van der Waals surface area contributed by atoms with Crippen molar-refractivity contribution in [1.29, 1.82) is 0 Å². The van der Waals surface area contributed by atoms with Crippen LogP contribution in [0.4, 0.5) is 16.2 Å². The quantitative estimate of drug-likeness (QED) is 0.332. The summed E-state index contributed by atoms with van der Waals surface area (Å²) in [4.78, 5) is 35.9. The van der Waals surface area contributed by atoms with Gasteiger partial charge in [-0.1, -0.05) is 62.4 Å². The van der Waals surface area contributed by atoms with Crippen LogP contribution in [0, 0.1) is 16.0 Å². The number of carbonyl (C=O) groups is 2. The van der Waals surface area contributed by atoms with E-state index in [4.69, 9.17) is 4.74 Å². The molecule has 35 heavy (non-hydrogen) atoms. The van der Waals surface area contributed by atoms with Crippen molar-refractivity contribution in [3.63, 3.8) is 0 Å². The first-order valence-corrected chi connectivity index (χ1v) is 11.5. The molecule has 4 rings (SSSR count). The summed E-state index contributed by atoms with van der Waals surface area (Å²) in [5.74, 6) is -0.358. The number of nitrogens with one attached hydrogen (secondary N) is 2. The third kappa shape index (κ3) is 5.48. The van der Waals surface area contributed by atoms with Crippen LogP contribution in [0.15, 0.2) is 72.8 Å². The Morgan fingerprint density at radius 1 is 0.943 bits per heavy atom. The zero-order chi connectivity index (χ0) is 24.9. The van der Waals surface area contributed by atoms with Gasteiger partial charge in [-0.05, 0) is 46.7 Å². The molecule has 8 heteroatoms. The fraction of sp³-hybridized carbons (Fsp3) is 0.259. The zero-order valence-corrected chi connectivity index (χ0v) is 19.6. The van der Waals surface area contributed by atoms with Gasteiger partial charge in [-0.25, -0.2) is 4.79 Å². The molecule has 8 nitrogen and oxygen atoms in total. The fourth-order valence-corrected chi connectivity index (χ4v) is 4.38. The number of hydrogen-bond acceptors (Lipinski definition) is 5. The van der Waals surface area contributed by atoms with E-state index in [-0.39, 0.29) is 24.1 Å². The molecule has 2 N–H and O–H groups in total. The molecule has 0 aliphatic heterocycles. The number of carbonyl (C=O) groups excluding carboxylic acids is 2. The molecule has 1 atom stereocenters. The fourth-order valence-electron chi connectivity index (χ4n) is 4.38. The number of hydrogen-bond donors (Lipinski definition) is 2. The van der Waals surface area contributed by atoms with Crippen LogP contribution < -0.4 is 10.6 Å². The van der Waals surface area contributed by atoms with Crippen LogP contribution in [-0.2, 0) is 9.53 Å². The molecule has 0 spiro atoms. The van der Waals surface area contributed by atoms with Crippen molar-refractivity contribution in [3.8, 4) is 11.1 Å². The lowest BCUT2D eigenvalue weighted by molar-refractivity contribution is -0.384. The minimum absolute atomic E-state index is 0.0708. The summed E-state index contributed by atoms with van der Waals surface area (Å²) >= 11 is 0. The normalized spacial score (nSPS) is 13.0. The van der Waals surface area contributed by atoms with Crippen molar-refractivity contribution >= 4 is 23.4 Å². The van der Waals surface area contributed by atoms with Crippen molar-refractivity contribution < 1.29 is 19.2 Å². The highest BCUT2D eigenvalue weighted by Crippen LogP contribution is 2.44. The molecule has 0 bridgehead atoms. The first-order chi connectivity index (χ1) is 16.8. The van der Waals surface area contributed by atoms with E-state index in [1.54, 1.807) is 0 Å². The Balaban J connectivity index is 1.41. The lowest BCUT2D eigenvalue weighted by Crippen LogP contribution is -2.45. The molecule has 0 unspecified atom stereocenters. The maximum absolute atomic E-state index is 12.9. The van der Waals surface area contributed by atoms with Gasteiger partial charge in [0, 0.05) is 23.7 Å². The van der Waals surface area contributed by atoms with Crippen LogP contribution in [-0.4, -0.2) is 29.6 Å². The largest absolute Gasteiger partial charge is 0.449 e. The van der Waals surface area contributed by atoms with Gasteiger partial charge in [0.2, 0.25) is 5.91 Å². The van der Waals surface area contributed by atoms with Crippen LogP contribution in [0.1, 0.15) is 37.3 Å². The molecular weight excluding hydrogens is 446 g/mol. The molecule has 1 aliphatic rings. The average molecular weight is 474 g/mol. The Kier molecular flexibility index (Phi) is 7.10. The van der Waals surface area contributed by atoms with Crippen LogP contribution >= 0.6 is 0 Å². The van der Waals surface area contributed by atoms with Crippen molar-refractivity contribution in [2.45, 2.75) is 32.2 Å². The Morgan fingerprint density at radius 2 is 1.51 bits per heavy atom. The number of fused-ring (bicyclic) bond motifs is 3. The van der Waals surface area contributed by atoms with Crippen LogP contribution in [0.3, 0.4) is 0 Å². The zero-order valence-electron chi connectivity index (χ0n) is 19.6. The van der Waals surface area contributed by atoms with E-state index in [9.17, 15) is 19.7 Å². The predicted molar refractivity (Wildman–Crippen MR) is 133 cm³/mol. The molecule has 0 aromatic heterocycles. The molecule has 0 saturated carbocycles. The topological polar surface area (TPSA) is 111 Å². The van der Waals surface area contributed by atoms with E-state index in [0.29, 0.717) is 12.1 Å². The summed E-state index contributed by atoms with van der Waals surface area (Å²) in [6.45, 7) is 4.05. The Bertz CT molecular complexity index is 1190. The van der Waals surface area contributed by atoms with Crippen LogP contribution in [0.5, 0.6) is 0 Å². The SMILES string of the molecule is CC(C)C[C@H](NC(=O)OCC1c2ccccc2-c2ccccc21)C(=O)Nc1ccc([N+](=O)[O-])cc1. The van der Waals surface area contributed by atoms with E-state index < -0.39 is 23.0 Å². The first-order valence-electron chi connectivity index (χ1n) is 11.5. The Morgan fingerprint density at radius 3 is 2.06 bits per heavy atom. The molecule has 3 aromatic rings. The average Bonchev–Trinajstić information content (AvgIpc) is 3.16. The summed E-state index contributed by atoms with van der Waals surface area (Å²) in [6.07, 6.45) is -0.264. The van der Waals surface area contributed by atoms with Crippen molar-refractivity contribution in [1.82, 2.24) is 5.32 Å². The number of nitro benzene ring substituents is 1. The van der Waals surface area contributed by atoms with Gasteiger partial charge in [0.05, 0.1) is 4.92 Å². The number of anilines is 1. The smallest absolute Gasteiger partial charge is 0.407 e. The second-order valence-electron chi connectivity index (χ2n) is 8.95. The van der Waals surface area contributed by atoms with Crippen molar-refractivity contribution in [2.24, 2.45) is 5.92 Å². The summed E-state index contributed by atoms with van der Waals surface area (Å²) in [6, 6.07) is 20.9. The number of alkyl carbamates (subject to hydrolysis) is 1. The van der Waals surface area contributed by atoms with Gasteiger partial charge >= 0.3 is 6.09 Å². The van der Waals surface area contributed by atoms with E-state index in [2.05, 4.69) is 22.8 Å². The molecule has 180 valence electrons. The standard InChI is InChI=1S/C27H27N3O5/c1-17(2)15-25(26(31)28-18-11-13-19(14-12-18)30(33)34)29-27(32)35-16-24-22-9-5-3-7-20(22)21-8-4-6-10-23(21)24/h3-14,17,24-25H,15-16H2,1-2H3,(H,28,31)(H,29,32)/t25-/m0/s1. The van der Waals surface area contributed by atoms with Crippen LogP contribution in [0.2, 0.25) is 0 Å². The molecule has 0 heterocycles. The summed E-state index contributed by atoms with van der Waals surface area (Å²) in [5.41, 5.74) is 4.82. The van der Waals surface area contributed by atoms with Crippen LogP contribution in [0.25, 0.3) is 11.1 Å². The number of amides is 2. The minimum Gasteiger partial charge on any atom is -0.449 e. The highest BCUT2D eigenvalue weighted by atomic mass is 16.6. The number of nitro groups is 1. The molecule has 3 aromatic carbocycles. The predicted octanol–water partition coefficient (Wildman–Crippen LogP) is 5.49. The Hall–Kier alpha value is -4.20. The third-order valence-corrected chi connectivity index (χ3v) is 6.01. The van der Waals surface area contributed by atoms with E-state index in [0.717, 1.165) is 22.3 Å². The third-order valence-electron chi connectivity index (χ3n) is 6.01. The summed E-state index contributed by atoms with van der Waals surface area (Å²) < 4.78 is 5.59. The van der Waals surface area contributed by atoms with Crippen molar-refractivity contribution in [3.05, 3.63) is 94.0 Å². The van der Waals surface area contributed by atoms with E-state index in [1.807, 2.05) is 50.2 Å². The second kappa shape index (κ2) is 10.4. The van der Waals surface area contributed by atoms with Gasteiger partial charge < -0.3 is 15.4 Å². The molecule has 2 amide bonds. The Labute approximate surface area is 203 Å². The molecule has 0 radical (unpaired) electrons. The monoisotopic (exact) mass is 473 g/mol. The van der Waals surface area contributed by atoms with Gasteiger partial charge in [0.25, 0.3) is 5.69 Å².